The van der Waals surface area contributed by atoms with Gasteiger partial charge in [0.15, 0.2) is 0 Å². The number of hydrogen-bond donors (Lipinski definition) is 1. The minimum absolute atomic E-state index is 0.735. The molecule has 0 saturated carbocycles. The molecule has 0 atom stereocenters. The summed E-state index contributed by atoms with van der Waals surface area (Å²) in [5, 5.41) is 3.38. The Morgan fingerprint density at radius 2 is 2.26 bits per heavy atom. The molecule has 1 aliphatic rings. The fourth-order valence-electron chi connectivity index (χ4n) is 2.32. The van der Waals surface area contributed by atoms with Gasteiger partial charge < -0.3 is 10.2 Å². The summed E-state index contributed by atoms with van der Waals surface area (Å²) in [5.74, 6) is 1.62. The van der Waals surface area contributed by atoms with Crippen LogP contribution in [-0.4, -0.2) is 24.1 Å². The number of thiophene rings is 1. The highest BCUT2D eigenvalue weighted by Crippen LogP contribution is 2.30. The Morgan fingerprint density at radius 1 is 1.37 bits per heavy atom. The average Bonchev–Trinajstić information content (AvgIpc) is 2.97. The lowest BCUT2D eigenvalue weighted by Gasteiger charge is -2.11. The predicted octanol–water partition coefficient (Wildman–Crippen LogP) is 2.70. The maximum atomic E-state index is 4.46. The zero-order valence-electron chi connectivity index (χ0n) is 11.3. The summed E-state index contributed by atoms with van der Waals surface area (Å²) in [6.07, 6.45) is 5.63. The summed E-state index contributed by atoms with van der Waals surface area (Å²) >= 11 is 1.94. The molecule has 0 bridgehead atoms. The summed E-state index contributed by atoms with van der Waals surface area (Å²) in [6.45, 7) is 0.849. The number of hydrogen-bond acceptors (Lipinski definition) is 5. The van der Waals surface area contributed by atoms with Gasteiger partial charge in [-0.2, -0.15) is 4.98 Å². The molecule has 0 fully saturated rings. The van der Waals surface area contributed by atoms with Crippen molar-refractivity contribution >= 4 is 23.1 Å². The number of rotatable bonds is 4. The van der Waals surface area contributed by atoms with Gasteiger partial charge in [0.05, 0.1) is 6.54 Å². The van der Waals surface area contributed by atoms with E-state index in [2.05, 4.69) is 21.4 Å². The Morgan fingerprint density at radius 3 is 3.05 bits per heavy atom. The molecule has 3 rings (SSSR count). The van der Waals surface area contributed by atoms with Crippen LogP contribution in [-0.2, 0) is 19.4 Å². The normalized spacial score (nSPS) is 13.4. The van der Waals surface area contributed by atoms with Gasteiger partial charge in [0.1, 0.15) is 5.82 Å². The van der Waals surface area contributed by atoms with Crippen LogP contribution in [0.4, 0.5) is 11.8 Å². The third kappa shape index (κ3) is 2.71. The van der Waals surface area contributed by atoms with E-state index in [-0.39, 0.29) is 0 Å². The van der Waals surface area contributed by atoms with Crippen molar-refractivity contribution in [3.63, 3.8) is 0 Å². The summed E-state index contributed by atoms with van der Waals surface area (Å²) in [6, 6.07) is 4.25. The molecular formula is C14H18N4S. The molecule has 0 aliphatic heterocycles. The van der Waals surface area contributed by atoms with Crippen molar-refractivity contribution in [2.75, 3.05) is 24.3 Å². The van der Waals surface area contributed by atoms with Crippen molar-refractivity contribution < 1.29 is 0 Å². The van der Waals surface area contributed by atoms with Gasteiger partial charge >= 0.3 is 0 Å². The van der Waals surface area contributed by atoms with Crippen LogP contribution in [0.5, 0.6) is 0 Å². The molecule has 19 heavy (non-hydrogen) atoms. The molecule has 0 unspecified atom stereocenters. The van der Waals surface area contributed by atoms with Gasteiger partial charge in [-0.1, -0.05) is 0 Å². The van der Waals surface area contributed by atoms with E-state index in [1.807, 2.05) is 36.4 Å². The first-order chi connectivity index (χ1) is 9.22. The van der Waals surface area contributed by atoms with Crippen LogP contribution in [0.25, 0.3) is 0 Å². The molecule has 5 heteroatoms. The fourth-order valence-corrected chi connectivity index (χ4v) is 3.52. The SMILES string of the molecule is CN(C)c1nccc(NCc2cc3c(s2)CCC3)n1. The predicted molar refractivity (Wildman–Crippen MR) is 80.0 cm³/mol. The van der Waals surface area contributed by atoms with E-state index in [0.717, 1.165) is 18.3 Å². The molecule has 100 valence electrons. The molecule has 4 nitrogen and oxygen atoms in total. The summed E-state index contributed by atoms with van der Waals surface area (Å²) < 4.78 is 0. The molecule has 0 spiro atoms. The molecule has 2 heterocycles. The van der Waals surface area contributed by atoms with Crippen LogP contribution in [0.3, 0.4) is 0 Å². The van der Waals surface area contributed by atoms with Crippen LogP contribution in [0.15, 0.2) is 18.3 Å². The van der Waals surface area contributed by atoms with Crippen molar-refractivity contribution in [2.24, 2.45) is 0 Å². The van der Waals surface area contributed by atoms with Crippen molar-refractivity contribution in [3.8, 4) is 0 Å². The third-order valence-electron chi connectivity index (χ3n) is 3.28. The van der Waals surface area contributed by atoms with Crippen molar-refractivity contribution in [1.82, 2.24) is 9.97 Å². The maximum Gasteiger partial charge on any atom is 0.226 e. The van der Waals surface area contributed by atoms with Crippen molar-refractivity contribution in [1.29, 1.82) is 0 Å². The van der Waals surface area contributed by atoms with Gasteiger partial charge in [0.25, 0.3) is 0 Å². The number of aryl methyl sites for hydroxylation is 2. The van der Waals surface area contributed by atoms with Gasteiger partial charge in [-0.3, -0.25) is 0 Å². The topological polar surface area (TPSA) is 41.1 Å². The van der Waals surface area contributed by atoms with Crippen molar-refractivity contribution in [2.45, 2.75) is 25.8 Å². The summed E-state index contributed by atoms with van der Waals surface area (Å²) in [5.41, 5.74) is 1.55. The quantitative estimate of drug-likeness (QED) is 0.930. The highest BCUT2D eigenvalue weighted by atomic mass is 32.1. The first-order valence-electron chi connectivity index (χ1n) is 6.57. The van der Waals surface area contributed by atoms with E-state index in [0.29, 0.717) is 0 Å². The van der Waals surface area contributed by atoms with E-state index in [9.17, 15) is 0 Å². The standard InChI is InChI=1S/C14H18N4S/c1-18(2)14-15-7-6-13(17-14)16-9-11-8-10-4-3-5-12(10)19-11/h6-8H,3-5,9H2,1-2H3,(H,15,16,17). The van der Waals surface area contributed by atoms with Gasteiger partial charge in [-0.15, -0.1) is 11.3 Å². The first kappa shape index (κ1) is 12.4. The first-order valence-corrected chi connectivity index (χ1v) is 7.39. The fraction of sp³-hybridized carbons (Fsp3) is 0.429. The van der Waals surface area contributed by atoms with Crippen LogP contribution in [0, 0.1) is 0 Å². The largest absolute Gasteiger partial charge is 0.365 e. The minimum Gasteiger partial charge on any atom is -0.365 e. The molecule has 2 aromatic rings. The molecule has 1 N–H and O–H groups in total. The minimum atomic E-state index is 0.735. The highest BCUT2D eigenvalue weighted by Gasteiger charge is 2.14. The van der Waals surface area contributed by atoms with Crippen LogP contribution in [0.2, 0.25) is 0 Å². The molecule has 0 aromatic carbocycles. The van der Waals surface area contributed by atoms with Crippen LogP contribution in [0.1, 0.15) is 21.7 Å². The van der Waals surface area contributed by atoms with Gasteiger partial charge in [0.2, 0.25) is 5.95 Å². The Kier molecular flexibility index (Phi) is 3.38. The van der Waals surface area contributed by atoms with Crippen LogP contribution < -0.4 is 10.2 Å². The second kappa shape index (κ2) is 5.17. The van der Waals surface area contributed by atoms with E-state index in [1.54, 1.807) is 16.6 Å². The van der Waals surface area contributed by atoms with Crippen LogP contribution >= 0.6 is 11.3 Å². The average molecular weight is 274 g/mol. The number of fused-ring (bicyclic) bond motifs is 1. The molecule has 2 aromatic heterocycles. The lowest BCUT2D eigenvalue weighted by Crippen LogP contribution is -2.13. The lowest BCUT2D eigenvalue weighted by atomic mass is 10.2. The Bertz CT molecular complexity index is 555. The Hall–Kier alpha value is -1.62. The number of nitrogens with zero attached hydrogens (tertiary/aromatic N) is 3. The van der Waals surface area contributed by atoms with E-state index in [4.69, 9.17) is 0 Å². The third-order valence-corrected chi connectivity index (χ3v) is 4.52. The lowest BCUT2D eigenvalue weighted by molar-refractivity contribution is 0.913. The number of nitrogens with one attached hydrogen (secondary N) is 1. The Labute approximate surface area is 117 Å². The van der Waals surface area contributed by atoms with Gasteiger partial charge in [-0.25, -0.2) is 4.98 Å². The molecule has 0 saturated heterocycles. The van der Waals surface area contributed by atoms with E-state index < -0.39 is 0 Å². The zero-order chi connectivity index (χ0) is 13.2. The van der Waals surface area contributed by atoms with E-state index in [1.165, 1.54) is 24.1 Å². The second-order valence-electron chi connectivity index (χ2n) is 5.00. The highest BCUT2D eigenvalue weighted by molar-refractivity contribution is 7.12. The maximum absolute atomic E-state index is 4.46. The van der Waals surface area contributed by atoms with Gasteiger partial charge in [0, 0.05) is 30.0 Å². The molecule has 1 aliphatic carbocycles. The molecule has 0 amide bonds. The van der Waals surface area contributed by atoms with Crippen molar-refractivity contribution in [3.05, 3.63) is 33.6 Å². The monoisotopic (exact) mass is 274 g/mol. The zero-order valence-corrected chi connectivity index (χ0v) is 12.1. The second-order valence-corrected chi connectivity index (χ2v) is 6.23. The van der Waals surface area contributed by atoms with Gasteiger partial charge in [-0.05, 0) is 37.0 Å². The summed E-state index contributed by atoms with van der Waals surface area (Å²) in [7, 11) is 3.89. The van der Waals surface area contributed by atoms with E-state index >= 15 is 0 Å². The number of anilines is 2. The number of aromatic nitrogens is 2. The molecule has 0 radical (unpaired) electrons. The Balaban J connectivity index is 1.66. The molecular weight excluding hydrogens is 256 g/mol. The summed E-state index contributed by atoms with van der Waals surface area (Å²) in [4.78, 5) is 13.6. The smallest absolute Gasteiger partial charge is 0.226 e.